The number of ether oxygens (including phenoxy) is 1. The third-order valence-corrected chi connectivity index (χ3v) is 4.96. The molecule has 0 radical (unpaired) electrons. The monoisotopic (exact) mass is 370 g/mol. The Kier molecular flexibility index (Phi) is 4.43. The van der Waals surface area contributed by atoms with Crippen LogP contribution in [-0.2, 0) is 11.3 Å². The number of aromatic nitrogens is 3. The minimum absolute atomic E-state index is 0.183. The van der Waals surface area contributed by atoms with Crippen LogP contribution in [0.1, 0.15) is 18.4 Å². The van der Waals surface area contributed by atoms with Crippen molar-refractivity contribution in [1.82, 2.24) is 24.6 Å². The van der Waals surface area contributed by atoms with Crippen LogP contribution >= 0.6 is 0 Å². The third-order valence-electron chi connectivity index (χ3n) is 4.96. The molecule has 2 saturated heterocycles. The molecule has 1 spiro atoms. The lowest BCUT2D eigenvalue weighted by atomic mass is 9.93. The van der Waals surface area contributed by atoms with Crippen LogP contribution in [0.4, 0.5) is 15.3 Å². The molecule has 3 heterocycles. The van der Waals surface area contributed by atoms with Gasteiger partial charge in [0.05, 0.1) is 19.6 Å². The molecule has 2 aliphatic heterocycles. The van der Waals surface area contributed by atoms with Crippen LogP contribution in [0.3, 0.4) is 0 Å². The lowest BCUT2D eigenvalue weighted by Crippen LogP contribution is -2.53. The minimum Gasteiger partial charge on any atom is -0.439 e. The van der Waals surface area contributed by atoms with Crippen molar-refractivity contribution in [2.75, 3.05) is 32.0 Å². The largest absolute Gasteiger partial charge is 0.439 e. The van der Waals surface area contributed by atoms with Gasteiger partial charge in [-0.05, 0) is 30.5 Å². The molecule has 2 fully saturated rings. The number of nitrogens with zero attached hydrogens (tertiary/aromatic N) is 5. The summed E-state index contributed by atoms with van der Waals surface area (Å²) >= 11 is 0. The van der Waals surface area contributed by atoms with E-state index in [-0.39, 0.29) is 12.1 Å². The fraction of sp³-hybridized carbons (Fsp3) is 0.444. The zero-order valence-corrected chi connectivity index (χ0v) is 15.2. The number of rotatable bonds is 3. The number of benzene rings is 1. The number of hydrogen-bond donors (Lipinski definition) is 1. The lowest BCUT2D eigenvalue weighted by molar-refractivity contribution is 0.00497. The van der Waals surface area contributed by atoms with E-state index in [9.17, 15) is 9.59 Å². The van der Waals surface area contributed by atoms with E-state index in [1.807, 2.05) is 24.3 Å². The molecule has 3 amide bonds. The van der Waals surface area contributed by atoms with Gasteiger partial charge in [0.2, 0.25) is 0 Å². The van der Waals surface area contributed by atoms with Gasteiger partial charge in [-0.1, -0.05) is 12.1 Å². The molecule has 9 nitrogen and oxygen atoms in total. The van der Waals surface area contributed by atoms with Crippen LogP contribution in [-0.4, -0.2) is 69.0 Å². The summed E-state index contributed by atoms with van der Waals surface area (Å²) in [6.45, 7) is 2.16. The quantitative estimate of drug-likeness (QED) is 0.889. The summed E-state index contributed by atoms with van der Waals surface area (Å²) in [5.41, 5.74) is 1.15. The predicted molar refractivity (Wildman–Crippen MR) is 97.2 cm³/mol. The highest BCUT2D eigenvalue weighted by atomic mass is 16.6. The van der Waals surface area contributed by atoms with Crippen molar-refractivity contribution in [3.05, 3.63) is 42.5 Å². The highest BCUT2D eigenvalue weighted by Crippen LogP contribution is 2.31. The van der Waals surface area contributed by atoms with Gasteiger partial charge in [-0.3, -0.25) is 0 Å². The van der Waals surface area contributed by atoms with E-state index in [1.54, 1.807) is 27.9 Å². The highest BCUT2D eigenvalue weighted by molar-refractivity contribution is 5.89. The zero-order valence-electron chi connectivity index (χ0n) is 15.2. The molecule has 1 unspecified atom stereocenters. The van der Waals surface area contributed by atoms with E-state index < -0.39 is 5.60 Å². The van der Waals surface area contributed by atoms with Crippen molar-refractivity contribution >= 4 is 17.8 Å². The van der Waals surface area contributed by atoms with Crippen molar-refractivity contribution < 1.29 is 14.3 Å². The normalized spacial score (nSPS) is 22.2. The average molecular weight is 370 g/mol. The molecule has 142 valence electrons. The second kappa shape index (κ2) is 6.90. The Labute approximate surface area is 156 Å². The molecule has 4 rings (SSSR count). The molecule has 1 N–H and O–H groups in total. The molecule has 2 aliphatic rings. The first-order valence-corrected chi connectivity index (χ1v) is 8.94. The first-order chi connectivity index (χ1) is 13.0. The number of piperidine rings is 1. The Morgan fingerprint density at radius 3 is 3.00 bits per heavy atom. The second-order valence-electron chi connectivity index (χ2n) is 7.16. The number of anilines is 1. The first-order valence-electron chi connectivity index (χ1n) is 8.94. The van der Waals surface area contributed by atoms with Gasteiger partial charge in [-0.25, -0.2) is 19.3 Å². The predicted octanol–water partition coefficient (Wildman–Crippen LogP) is 1.77. The molecular weight excluding hydrogens is 348 g/mol. The van der Waals surface area contributed by atoms with Crippen LogP contribution in [0.5, 0.6) is 0 Å². The maximum atomic E-state index is 12.7. The Bertz CT molecular complexity index is 839. The molecule has 1 aromatic heterocycles. The molecular formula is C18H22N6O3. The van der Waals surface area contributed by atoms with Crippen molar-refractivity contribution in [1.29, 1.82) is 0 Å². The molecule has 1 aromatic carbocycles. The molecule has 27 heavy (non-hydrogen) atoms. The van der Waals surface area contributed by atoms with Crippen LogP contribution < -0.4 is 5.32 Å². The van der Waals surface area contributed by atoms with E-state index >= 15 is 0 Å². The van der Waals surface area contributed by atoms with E-state index in [4.69, 9.17) is 4.74 Å². The number of carbonyl (C=O) groups excluding carboxylic acids is 2. The number of nitrogens with one attached hydrogen (secondary N) is 1. The summed E-state index contributed by atoms with van der Waals surface area (Å²) in [5.74, 6) is 0. The smallest absolute Gasteiger partial charge is 0.410 e. The minimum atomic E-state index is -0.587. The summed E-state index contributed by atoms with van der Waals surface area (Å²) in [5, 5.41) is 7.04. The van der Waals surface area contributed by atoms with Gasteiger partial charge in [0.1, 0.15) is 18.3 Å². The van der Waals surface area contributed by atoms with Gasteiger partial charge in [-0.15, -0.1) is 0 Å². The maximum absolute atomic E-state index is 12.7. The summed E-state index contributed by atoms with van der Waals surface area (Å²) < 4.78 is 7.28. The fourth-order valence-corrected chi connectivity index (χ4v) is 3.73. The van der Waals surface area contributed by atoms with E-state index in [0.29, 0.717) is 26.2 Å². The zero-order chi connectivity index (χ0) is 18.9. The topological polar surface area (TPSA) is 92.6 Å². The molecule has 1 atom stereocenters. The Morgan fingerprint density at radius 1 is 1.37 bits per heavy atom. The number of carbonyl (C=O) groups is 2. The third kappa shape index (κ3) is 3.71. The van der Waals surface area contributed by atoms with Crippen molar-refractivity contribution in [3.8, 4) is 0 Å². The van der Waals surface area contributed by atoms with Gasteiger partial charge in [-0.2, -0.15) is 5.10 Å². The molecule has 0 bridgehead atoms. The molecule has 0 saturated carbocycles. The van der Waals surface area contributed by atoms with Crippen molar-refractivity contribution in [3.63, 3.8) is 0 Å². The van der Waals surface area contributed by atoms with E-state index in [0.717, 1.165) is 24.1 Å². The standard InChI is InChI=1S/C18H22N6O3/c1-22-10-18(27-17(22)26)6-3-7-23(11-18)16(25)21-15-5-2-4-14(8-15)9-24-13-19-12-20-24/h2,4-5,8,12-13H,3,6-7,9-11H2,1H3,(H,21,25). The number of likely N-dealkylation sites (tertiary alicyclic amines) is 1. The molecule has 2 aromatic rings. The van der Waals surface area contributed by atoms with Gasteiger partial charge < -0.3 is 19.9 Å². The Morgan fingerprint density at radius 2 is 2.26 bits per heavy atom. The number of amides is 3. The summed E-state index contributed by atoms with van der Waals surface area (Å²) in [6.07, 6.45) is 4.41. The molecule has 0 aliphatic carbocycles. The Balaban J connectivity index is 1.41. The number of urea groups is 1. The van der Waals surface area contributed by atoms with Crippen LogP contribution in [0, 0.1) is 0 Å². The number of hydrogen-bond acceptors (Lipinski definition) is 5. The average Bonchev–Trinajstić information content (AvgIpc) is 3.23. The fourth-order valence-electron chi connectivity index (χ4n) is 3.73. The van der Waals surface area contributed by atoms with Gasteiger partial charge >= 0.3 is 12.1 Å². The second-order valence-corrected chi connectivity index (χ2v) is 7.16. The maximum Gasteiger partial charge on any atom is 0.410 e. The Hall–Kier alpha value is -3.10. The van der Waals surface area contributed by atoms with Crippen LogP contribution in [0.15, 0.2) is 36.9 Å². The van der Waals surface area contributed by atoms with E-state index in [2.05, 4.69) is 15.4 Å². The van der Waals surface area contributed by atoms with Gasteiger partial charge in [0, 0.05) is 19.3 Å². The van der Waals surface area contributed by atoms with Crippen LogP contribution in [0.2, 0.25) is 0 Å². The SMILES string of the molecule is CN1CC2(CCCN(C(=O)Nc3cccc(Cn4cncn4)c3)C2)OC1=O. The molecule has 9 heteroatoms. The summed E-state index contributed by atoms with van der Waals surface area (Å²) in [6, 6.07) is 7.46. The van der Waals surface area contributed by atoms with Crippen molar-refractivity contribution in [2.24, 2.45) is 0 Å². The summed E-state index contributed by atoms with van der Waals surface area (Å²) in [7, 11) is 1.72. The summed E-state index contributed by atoms with van der Waals surface area (Å²) in [4.78, 5) is 31.7. The highest BCUT2D eigenvalue weighted by Gasteiger charge is 2.47. The van der Waals surface area contributed by atoms with Crippen LogP contribution in [0.25, 0.3) is 0 Å². The lowest BCUT2D eigenvalue weighted by Gasteiger charge is -2.38. The van der Waals surface area contributed by atoms with Crippen molar-refractivity contribution in [2.45, 2.75) is 25.0 Å². The van der Waals surface area contributed by atoms with E-state index in [1.165, 1.54) is 6.33 Å². The number of likely N-dealkylation sites (N-methyl/N-ethyl adjacent to an activating group) is 1. The van der Waals surface area contributed by atoms with Gasteiger partial charge in [0.25, 0.3) is 0 Å². The van der Waals surface area contributed by atoms with Gasteiger partial charge in [0.15, 0.2) is 0 Å². The first kappa shape index (κ1) is 17.3.